The van der Waals surface area contributed by atoms with Crippen LogP contribution in [0, 0.1) is 6.92 Å². The average molecular weight is 384 g/mol. The SMILES string of the molecule is Cc1oc2ccc(OCc3ccc[nH]c3=O)cc2c1C(=O)NC1COC[C@H]1O. The summed E-state index contributed by atoms with van der Waals surface area (Å²) in [5, 5.41) is 13.2. The summed E-state index contributed by atoms with van der Waals surface area (Å²) in [6, 6.07) is 8.11. The molecule has 0 saturated carbocycles. The monoisotopic (exact) mass is 384 g/mol. The fourth-order valence-corrected chi connectivity index (χ4v) is 3.22. The van der Waals surface area contributed by atoms with Gasteiger partial charge in [-0.2, -0.15) is 0 Å². The largest absolute Gasteiger partial charge is 0.489 e. The summed E-state index contributed by atoms with van der Waals surface area (Å²) in [6.45, 7) is 2.28. The molecule has 0 spiro atoms. The van der Waals surface area contributed by atoms with Crippen LogP contribution in [-0.2, 0) is 11.3 Å². The quantitative estimate of drug-likeness (QED) is 0.614. The maximum absolute atomic E-state index is 12.8. The first-order chi connectivity index (χ1) is 13.5. The number of nitrogens with one attached hydrogen (secondary N) is 2. The summed E-state index contributed by atoms with van der Waals surface area (Å²) in [4.78, 5) is 27.1. The van der Waals surface area contributed by atoms with Gasteiger partial charge in [-0.3, -0.25) is 9.59 Å². The van der Waals surface area contributed by atoms with Gasteiger partial charge in [0.2, 0.25) is 0 Å². The molecular weight excluding hydrogens is 364 g/mol. The lowest BCUT2D eigenvalue weighted by Gasteiger charge is -2.14. The third-order valence-corrected chi connectivity index (χ3v) is 4.72. The van der Waals surface area contributed by atoms with Crippen LogP contribution in [0.5, 0.6) is 5.75 Å². The first kappa shape index (κ1) is 18.3. The number of aryl methyl sites for hydroxylation is 1. The highest BCUT2D eigenvalue weighted by molar-refractivity contribution is 6.07. The molecule has 4 rings (SSSR count). The van der Waals surface area contributed by atoms with E-state index in [1.54, 1.807) is 43.5 Å². The average Bonchev–Trinajstić information content (AvgIpc) is 3.22. The van der Waals surface area contributed by atoms with Crippen LogP contribution < -0.4 is 15.6 Å². The third-order valence-electron chi connectivity index (χ3n) is 4.72. The van der Waals surface area contributed by atoms with Crippen molar-refractivity contribution in [2.75, 3.05) is 13.2 Å². The predicted molar refractivity (Wildman–Crippen MR) is 100 cm³/mol. The Balaban J connectivity index is 1.58. The summed E-state index contributed by atoms with van der Waals surface area (Å²) in [5.74, 6) is 0.634. The van der Waals surface area contributed by atoms with E-state index >= 15 is 0 Å². The molecule has 1 saturated heterocycles. The maximum Gasteiger partial charge on any atom is 0.255 e. The van der Waals surface area contributed by atoms with E-state index in [2.05, 4.69) is 10.3 Å². The lowest BCUT2D eigenvalue weighted by Crippen LogP contribution is -2.42. The molecule has 28 heavy (non-hydrogen) atoms. The number of hydrogen-bond donors (Lipinski definition) is 3. The molecule has 1 aliphatic rings. The van der Waals surface area contributed by atoms with E-state index in [1.165, 1.54) is 0 Å². The fraction of sp³-hybridized carbons (Fsp3) is 0.300. The van der Waals surface area contributed by atoms with Crippen LogP contribution in [-0.4, -0.2) is 41.4 Å². The number of aliphatic hydroxyl groups excluding tert-OH is 1. The molecule has 2 atom stereocenters. The Morgan fingerprint density at radius 1 is 1.36 bits per heavy atom. The Hall–Kier alpha value is -3.10. The van der Waals surface area contributed by atoms with Crippen LogP contribution in [0.3, 0.4) is 0 Å². The molecule has 8 nitrogen and oxygen atoms in total. The highest BCUT2D eigenvalue weighted by atomic mass is 16.5. The highest BCUT2D eigenvalue weighted by Crippen LogP contribution is 2.29. The first-order valence-electron chi connectivity index (χ1n) is 8.92. The summed E-state index contributed by atoms with van der Waals surface area (Å²) >= 11 is 0. The molecule has 146 valence electrons. The number of ether oxygens (including phenoxy) is 2. The van der Waals surface area contributed by atoms with Gasteiger partial charge in [0.1, 0.15) is 23.7 Å². The number of H-pyrrole nitrogens is 1. The molecule has 3 N–H and O–H groups in total. The number of carbonyl (C=O) groups excluding carboxylic acids is 1. The Morgan fingerprint density at radius 2 is 2.21 bits per heavy atom. The zero-order valence-electron chi connectivity index (χ0n) is 15.2. The zero-order chi connectivity index (χ0) is 19.7. The minimum Gasteiger partial charge on any atom is -0.489 e. The van der Waals surface area contributed by atoms with E-state index in [4.69, 9.17) is 13.9 Å². The van der Waals surface area contributed by atoms with Crippen molar-refractivity contribution in [3.63, 3.8) is 0 Å². The molecule has 1 unspecified atom stereocenters. The van der Waals surface area contributed by atoms with Gasteiger partial charge in [0.05, 0.1) is 36.5 Å². The van der Waals surface area contributed by atoms with E-state index < -0.39 is 12.1 Å². The van der Waals surface area contributed by atoms with Crippen LogP contribution in [0.2, 0.25) is 0 Å². The number of aromatic nitrogens is 1. The lowest BCUT2D eigenvalue weighted by molar-refractivity contribution is 0.0886. The normalized spacial score (nSPS) is 19.1. The van der Waals surface area contributed by atoms with Crippen molar-refractivity contribution in [1.29, 1.82) is 0 Å². The minimum atomic E-state index is -0.731. The van der Waals surface area contributed by atoms with E-state index in [1.807, 2.05) is 0 Å². The van der Waals surface area contributed by atoms with Gasteiger partial charge in [-0.1, -0.05) is 0 Å². The second-order valence-electron chi connectivity index (χ2n) is 6.69. The van der Waals surface area contributed by atoms with Crippen LogP contribution in [0.1, 0.15) is 21.7 Å². The molecular formula is C20H20N2O6. The van der Waals surface area contributed by atoms with E-state index in [0.717, 1.165) is 0 Å². The molecule has 8 heteroatoms. The van der Waals surface area contributed by atoms with Gasteiger partial charge in [-0.15, -0.1) is 0 Å². The number of carbonyl (C=O) groups is 1. The molecule has 1 amide bonds. The van der Waals surface area contributed by atoms with Gasteiger partial charge >= 0.3 is 0 Å². The van der Waals surface area contributed by atoms with Crippen LogP contribution in [0.15, 0.2) is 45.7 Å². The fourth-order valence-electron chi connectivity index (χ4n) is 3.22. The number of fused-ring (bicyclic) bond motifs is 1. The topological polar surface area (TPSA) is 114 Å². The van der Waals surface area contributed by atoms with E-state index in [0.29, 0.717) is 33.6 Å². The number of benzene rings is 1. The highest BCUT2D eigenvalue weighted by Gasteiger charge is 2.29. The number of aromatic amines is 1. The molecule has 3 heterocycles. The molecule has 2 aromatic heterocycles. The third kappa shape index (κ3) is 3.51. The van der Waals surface area contributed by atoms with Crippen LogP contribution in [0.25, 0.3) is 11.0 Å². The van der Waals surface area contributed by atoms with Crippen molar-refractivity contribution >= 4 is 16.9 Å². The number of pyridine rings is 1. The molecule has 3 aromatic rings. The minimum absolute atomic E-state index is 0.103. The number of furan rings is 1. The Bertz CT molecular complexity index is 1070. The van der Waals surface area contributed by atoms with Crippen molar-refractivity contribution in [3.05, 3.63) is 63.8 Å². The second kappa shape index (κ2) is 7.49. The number of amides is 1. The Morgan fingerprint density at radius 3 is 2.96 bits per heavy atom. The number of rotatable bonds is 5. The maximum atomic E-state index is 12.8. The summed E-state index contributed by atoms with van der Waals surface area (Å²) in [5.41, 5.74) is 1.23. The van der Waals surface area contributed by atoms with E-state index in [9.17, 15) is 14.7 Å². The Labute approximate surface area is 160 Å². The van der Waals surface area contributed by atoms with Gasteiger partial charge < -0.3 is 29.3 Å². The molecule has 0 radical (unpaired) electrons. The van der Waals surface area contributed by atoms with Crippen LogP contribution >= 0.6 is 0 Å². The van der Waals surface area contributed by atoms with Gasteiger partial charge in [-0.05, 0) is 37.3 Å². The van der Waals surface area contributed by atoms with Crippen molar-refractivity contribution in [3.8, 4) is 5.75 Å². The van der Waals surface area contributed by atoms with Crippen molar-refractivity contribution < 1.29 is 23.8 Å². The van der Waals surface area contributed by atoms with Gasteiger partial charge in [-0.25, -0.2) is 0 Å². The summed E-state index contributed by atoms with van der Waals surface area (Å²) in [6.07, 6.45) is 0.828. The lowest BCUT2D eigenvalue weighted by atomic mass is 10.1. The first-order valence-corrected chi connectivity index (χ1v) is 8.92. The van der Waals surface area contributed by atoms with Crippen molar-refractivity contribution in [2.24, 2.45) is 0 Å². The van der Waals surface area contributed by atoms with Gasteiger partial charge in [0, 0.05) is 11.6 Å². The van der Waals surface area contributed by atoms with E-state index in [-0.39, 0.29) is 31.3 Å². The van der Waals surface area contributed by atoms with Crippen molar-refractivity contribution in [2.45, 2.75) is 25.7 Å². The number of hydrogen-bond acceptors (Lipinski definition) is 6. The molecule has 1 aromatic carbocycles. The smallest absolute Gasteiger partial charge is 0.255 e. The Kier molecular flexibility index (Phi) is 4.89. The summed E-state index contributed by atoms with van der Waals surface area (Å²) < 4.78 is 16.6. The zero-order valence-corrected chi connectivity index (χ0v) is 15.2. The molecule has 1 fully saturated rings. The van der Waals surface area contributed by atoms with Gasteiger partial charge in [0.25, 0.3) is 11.5 Å². The predicted octanol–water partition coefficient (Wildman–Crippen LogP) is 1.50. The van der Waals surface area contributed by atoms with Crippen LogP contribution in [0.4, 0.5) is 0 Å². The molecule has 0 bridgehead atoms. The van der Waals surface area contributed by atoms with Gasteiger partial charge in [0.15, 0.2) is 0 Å². The standard InChI is InChI=1S/C20H20N2O6/c1-11-18(20(25)22-15-9-26-10-16(15)23)14-7-13(4-5-17(14)28-11)27-8-12-3-2-6-21-19(12)24/h2-7,15-16,23H,8-10H2,1H3,(H,21,24)(H,22,25)/t15?,16-/m1/s1. The molecule has 0 aliphatic carbocycles. The number of aliphatic hydroxyl groups is 1. The molecule has 1 aliphatic heterocycles. The second-order valence-corrected chi connectivity index (χ2v) is 6.69. The summed E-state index contributed by atoms with van der Waals surface area (Å²) in [7, 11) is 0. The van der Waals surface area contributed by atoms with Crippen molar-refractivity contribution in [1.82, 2.24) is 10.3 Å².